The maximum Gasteiger partial charge on any atom is 0.267 e. The molecule has 6 N–H and O–H groups in total. The molecule has 158 valence electrons. The van der Waals surface area contributed by atoms with Crippen LogP contribution in [0.25, 0.3) is 16.6 Å². The zero-order valence-corrected chi connectivity index (χ0v) is 17.0. The molecule has 0 aliphatic carbocycles. The van der Waals surface area contributed by atoms with E-state index in [1.54, 1.807) is 48.8 Å². The summed E-state index contributed by atoms with van der Waals surface area (Å²) in [7, 11) is 0. The van der Waals surface area contributed by atoms with Crippen LogP contribution in [0.2, 0.25) is 0 Å². The van der Waals surface area contributed by atoms with Gasteiger partial charge < -0.3 is 17.2 Å². The molecule has 0 amide bonds. The van der Waals surface area contributed by atoms with Crippen LogP contribution in [0, 0.1) is 22.7 Å². The lowest BCUT2D eigenvalue weighted by molar-refractivity contribution is 0.829. The molecule has 4 aromatic rings. The van der Waals surface area contributed by atoms with Gasteiger partial charge in [-0.25, -0.2) is 4.98 Å². The van der Waals surface area contributed by atoms with Gasteiger partial charge in [-0.05, 0) is 24.3 Å². The van der Waals surface area contributed by atoms with Crippen LogP contribution >= 0.6 is 0 Å². The summed E-state index contributed by atoms with van der Waals surface area (Å²) in [5.41, 5.74) is 17.2. The van der Waals surface area contributed by atoms with Gasteiger partial charge in [0.2, 0.25) is 5.95 Å². The van der Waals surface area contributed by atoms with Crippen LogP contribution in [-0.2, 0) is 6.42 Å². The number of nitrogens with zero attached hydrogens (tertiary/aromatic N) is 7. The smallest absolute Gasteiger partial charge is 0.267 e. The topological polar surface area (TPSA) is 199 Å². The van der Waals surface area contributed by atoms with E-state index in [0.717, 1.165) is 0 Å². The molecule has 4 rings (SSSR count). The van der Waals surface area contributed by atoms with Crippen molar-refractivity contribution in [1.82, 2.24) is 24.5 Å². The molecule has 0 saturated carbocycles. The average molecular weight is 426 g/mol. The third-order valence-electron chi connectivity index (χ3n) is 4.40. The van der Waals surface area contributed by atoms with Crippen LogP contribution < -0.4 is 22.8 Å². The molecule has 0 spiro atoms. The predicted octanol–water partition coefficient (Wildman–Crippen LogP) is 1.31. The van der Waals surface area contributed by atoms with Crippen molar-refractivity contribution in [2.45, 2.75) is 13.3 Å². The van der Waals surface area contributed by atoms with Gasteiger partial charge in [-0.3, -0.25) is 14.3 Å². The molecule has 11 nitrogen and oxygen atoms in total. The highest BCUT2D eigenvalue weighted by Crippen LogP contribution is 2.16. The van der Waals surface area contributed by atoms with Crippen molar-refractivity contribution in [2.24, 2.45) is 0 Å². The van der Waals surface area contributed by atoms with Gasteiger partial charge in [0.25, 0.3) is 5.56 Å². The fraction of sp³-hybridized carbons (Fsp3) is 0.0952. The second kappa shape index (κ2) is 9.19. The lowest BCUT2D eigenvalue weighted by Gasteiger charge is -2.12. The van der Waals surface area contributed by atoms with Crippen LogP contribution in [0.5, 0.6) is 0 Å². The molecule has 0 aliphatic rings. The molecular weight excluding hydrogens is 408 g/mol. The number of aryl methyl sites for hydroxylation is 1. The summed E-state index contributed by atoms with van der Waals surface area (Å²) < 4.78 is 1.52. The number of nitrogen functional groups attached to an aromatic ring is 3. The first kappa shape index (κ1) is 21.7. The Bertz CT molecular complexity index is 1410. The van der Waals surface area contributed by atoms with Gasteiger partial charge in [0.05, 0.1) is 28.4 Å². The number of fused-ring (bicyclic) bond motifs is 1. The Balaban J connectivity index is 0.000000222. The van der Waals surface area contributed by atoms with Gasteiger partial charge in [0.1, 0.15) is 35.2 Å². The van der Waals surface area contributed by atoms with Crippen molar-refractivity contribution in [2.75, 3.05) is 17.2 Å². The van der Waals surface area contributed by atoms with E-state index in [4.69, 9.17) is 22.5 Å². The molecule has 32 heavy (non-hydrogen) atoms. The predicted molar refractivity (Wildman–Crippen MR) is 119 cm³/mol. The Hall–Kier alpha value is -5.03. The summed E-state index contributed by atoms with van der Waals surface area (Å²) in [5.74, 6) is 0.643. The summed E-state index contributed by atoms with van der Waals surface area (Å²) in [4.78, 5) is 28.5. The highest BCUT2D eigenvalue weighted by Gasteiger charge is 2.14. The molecule has 0 saturated heterocycles. The van der Waals surface area contributed by atoms with E-state index in [-0.39, 0.29) is 28.7 Å². The lowest BCUT2D eigenvalue weighted by atomic mass is 10.1. The fourth-order valence-corrected chi connectivity index (χ4v) is 2.99. The van der Waals surface area contributed by atoms with Crippen LogP contribution in [-0.4, -0.2) is 24.5 Å². The number of hydrogen-bond acceptors (Lipinski definition) is 10. The molecule has 0 aliphatic heterocycles. The molecule has 0 radical (unpaired) electrons. The molecule has 0 unspecified atom stereocenters. The van der Waals surface area contributed by atoms with Crippen LogP contribution in [0.3, 0.4) is 0 Å². The lowest BCUT2D eigenvalue weighted by Crippen LogP contribution is -2.24. The van der Waals surface area contributed by atoms with E-state index < -0.39 is 0 Å². The zero-order chi connectivity index (χ0) is 23.3. The number of benzene rings is 1. The van der Waals surface area contributed by atoms with Gasteiger partial charge in [-0.15, -0.1) is 0 Å². The zero-order valence-electron chi connectivity index (χ0n) is 17.0. The second-order valence-electron chi connectivity index (χ2n) is 6.38. The van der Waals surface area contributed by atoms with Gasteiger partial charge in [0, 0.05) is 12.6 Å². The third-order valence-corrected chi connectivity index (χ3v) is 4.40. The standard InChI is InChI=1S/C16H12N4O.C5H6N6/c1-2-14-19-13-7-3-5-11(9-17)15(13)16(21)20(14)12-6-4-8-18-10-12;6-1-2-3(7)10-5(9)11-4(2)8/h3-8,10H,2H2,1H3;(H6,7,8,9,10,11). The van der Waals surface area contributed by atoms with E-state index in [2.05, 4.69) is 26.0 Å². The van der Waals surface area contributed by atoms with Crippen LogP contribution in [0.1, 0.15) is 23.9 Å². The van der Waals surface area contributed by atoms with E-state index in [0.29, 0.717) is 34.4 Å². The first-order valence-corrected chi connectivity index (χ1v) is 9.34. The van der Waals surface area contributed by atoms with Crippen molar-refractivity contribution in [3.05, 3.63) is 70.0 Å². The Labute approximate surface area is 182 Å². The Kier molecular flexibility index (Phi) is 6.23. The van der Waals surface area contributed by atoms with Gasteiger partial charge in [-0.1, -0.05) is 13.0 Å². The first-order valence-electron chi connectivity index (χ1n) is 9.34. The Morgan fingerprint density at radius 2 is 1.72 bits per heavy atom. The summed E-state index contributed by atoms with van der Waals surface area (Å²) >= 11 is 0. The van der Waals surface area contributed by atoms with Crippen molar-refractivity contribution in [3.8, 4) is 17.8 Å². The van der Waals surface area contributed by atoms with Gasteiger partial charge in [0.15, 0.2) is 0 Å². The molecular formula is C21H18N10O. The quantitative estimate of drug-likeness (QED) is 0.419. The largest absolute Gasteiger partial charge is 0.382 e. The fourth-order valence-electron chi connectivity index (χ4n) is 2.99. The van der Waals surface area contributed by atoms with Gasteiger partial charge in [-0.2, -0.15) is 20.5 Å². The minimum atomic E-state index is -0.234. The number of rotatable bonds is 2. The third kappa shape index (κ3) is 4.13. The number of nitriles is 2. The van der Waals surface area contributed by atoms with Crippen LogP contribution in [0.4, 0.5) is 17.6 Å². The molecule has 0 bridgehead atoms. The first-order chi connectivity index (χ1) is 15.4. The Morgan fingerprint density at radius 1 is 1.00 bits per heavy atom. The minimum Gasteiger partial charge on any atom is -0.382 e. The molecule has 11 heteroatoms. The number of nitrogens with two attached hydrogens (primary N) is 3. The van der Waals surface area contributed by atoms with Crippen molar-refractivity contribution >= 4 is 28.5 Å². The summed E-state index contributed by atoms with van der Waals surface area (Å²) in [5, 5.41) is 18.0. The highest BCUT2D eigenvalue weighted by molar-refractivity contribution is 5.84. The van der Waals surface area contributed by atoms with E-state index in [1.807, 2.05) is 6.92 Å². The van der Waals surface area contributed by atoms with Crippen molar-refractivity contribution in [1.29, 1.82) is 10.5 Å². The molecule has 3 aromatic heterocycles. The number of pyridine rings is 1. The Morgan fingerprint density at radius 3 is 2.28 bits per heavy atom. The van der Waals surface area contributed by atoms with E-state index in [1.165, 1.54) is 4.57 Å². The van der Waals surface area contributed by atoms with Crippen molar-refractivity contribution in [3.63, 3.8) is 0 Å². The molecule has 0 atom stereocenters. The number of hydrogen-bond donors (Lipinski definition) is 3. The maximum atomic E-state index is 12.8. The van der Waals surface area contributed by atoms with Crippen molar-refractivity contribution < 1.29 is 0 Å². The van der Waals surface area contributed by atoms with Crippen LogP contribution in [0.15, 0.2) is 47.5 Å². The molecule has 3 heterocycles. The minimum absolute atomic E-state index is 0.0116. The molecule has 0 fully saturated rings. The number of aromatic nitrogens is 5. The normalized spacial score (nSPS) is 9.97. The van der Waals surface area contributed by atoms with E-state index in [9.17, 15) is 10.1 Å². The monoisotopic (exact) mass is 426 g/mol. The average Bonchev–Trinajstić information content (AvgIpc) is 2.79. The second-order valence-corrected chi connectivity index (χ2v) is 6.38. The maximum absolute atomic E-state index is 12.8. The summed E-state index contributed by atoms with van der Waals surface area (Å²) in [6, 6.07) is 12.5. The summed E-state index contributed by atoms with van der Waals surface area (Å²) in [6.07, 6.45) is 3.87. The number of anilines is 3. The van der Waals surface area contributed by atoms with E-state index >= 15 is 0 Å². The SMILES string of the molecule is CCc1nc2cccc(C#N)c2c(=O)n1-c1cccnc1.N#Cc1c(N)nc(N)nc1N. The van der Waals surface area contributed by atoms with Gasteiger partial charge >= 0.3 is 0 Å². The summed E-state index contributed by atoms with van der Waals surface area (Å²) in [6.45, 7) is 1.94. The molecule has 1 aromatic carbocycles. The highest BCUT2D eigenvalue weighted by atomic mass is 16.1.